The fourth-order valence-corrected chi connectivity index (χ4v) is 7.34. The van der Waals surface area contributed by atoms with E-state index in [1.54, 1.807) is 47.8 Å². The topological polar surface area (TPSA) is 437 Å². The first-order valence-electron chi connectivity index (χ1n) is 24.0. The lowest BCUT2D eigenvalue weighted by Crippen LogP contribution is -2.63. The highest BCUT2D eigenvalue weighted by Crippen LogP contribution is 2.15. The minimum atomic E-state index is -1.82. The molecule has 412 valence electrons. The molecule has 0 aliphatic carbocycles. The predicted molar refractivity (Wildman–Crippen MR) is 263 cm³/mol. The van der Waals surface area contributed by atoms with Crippen LogP contribution in [0.3, 0.4) is 0 Å². The molecular weight excluding hydrogens is 969 g/mol. The Morgan fingerprint density at radius 2 is 0.944 bits per heavy atom. The lowest BCUT2D eigenvalue weighted by Gasteiger charge is -2.31. The number of aliphatic carboxylic acids is 3. The molecule has 0 saturated carbocycles. The van der Waals surface area contributed by atoms with E-state index >= 15 is 0 Å². The number of nitrogens with one attached hydrogen (secondary N) is 8. The molecular formula is C45H80N10O16S. The van der Waals surface area contributed by atoms with Crippen LogP contribution >= 0.6 is 11.8 Å². The van der Waals surface area contributed by atoms with Crippen LogP contribution in [0.1, 0.15) is 113 Å². The maximum atomic E-state index is 14.0. The number of rotatable bonds is 37. The molecule has 12 atom stereocenters. The number of hydrogen-bond donors (Lipinski definition) is 15. The van der Waals surface area contributed by atoms with Gasteiger partial charge in [-0.25, -0.2) is 4.79 Å². The summed E-state index contributed by atoms with van der Waals surface area (Å²) in [5.41, 5.74) is 11.2. The van der Waals surface area contributed by atoms with Gasteiger partial charge in [0.25, 0.3) is 0 Å². The third-order valence-electron chi connectivity index (χ3n) is 11.6. The van der Waals surface area contributed by atoms with E-state index in [0.717, 1.165) is 6.92 Å². The average Bonchev–Trinajstić information content (AvgIpc) is 3.31. The van der Waals surface area contributed by atoms with Gasteiger partial charge >= 0.3 is 17.9 Å². The van der Waals surface area contributed by atoms with Crippen molar-refractivity contribution in [2.75, 3.05) is 25.2 Å². The first-order valence-corrected chi connectivity index (χ1v) is 25.4. The fourth-order valence-electron chi connectivity index (χ4n) is 6.87. The monoisotopic (exact) mass is 1050 g/mol. The Morgan fingerprint density at radius 3 is 1.36 bits per heavy atom. The molecule has 0 rings (SSSR count). The molecule has 0 aromatic heterocycles. The van der Waals surface area contributed by atoms with E-state index in [2.05, 4.69) is 42.5 Å². The van der Waals surface area contributed by atoms with Gasteiger partial charge in [0, 0.05) is 6.42 Å². The lowest BCUT2D eigenvalue weighted by molar-refractivity contribution is -0.143. The number of aliphatic hydroxyl groups is 2. The number of unbranched alkanes of at least 4 members (excludes halogenated alkanes) is 1. The second-order valence-corrected chi connectivity index (χ2v) is 19.1. The van der Waals surface area contributed by atoms with Crippen LogP contribution in [0, 0.1) is 17.8 Å². The molecule has 72 heavy (non-hydrogen) atoms. The van der Waals surface area contributed by atoms with Crippen molar-refractivity contribution in [3.63, 3.8) is 0 Å². The van der Waals surface area contributed by atoms with Crippen molar-refractivity contribution in [2.24, 2.45) is 29.2 Å². The zero-order valence-corrected chi connectivity index (χ0v) is 43.3. The number of amides is 8. The van der Waals surface area contributed by atoms with Crippen LogP contribution in [0.25, 0.3) is 0 Å². The Morgan fingerprint density at radius 1 is 0.528 bits per heavy atom. The summed E-state index contributed by atoms with van der Waals surface area (Å²) in [5, 5.41) is 68.1. The summed E-state index contributed by atoms with van der Waals surface area (Å²) in [7, 11) is 0. The zero-order valence-electron chi connectivity index (χ0n) is 42.5. The average molecular weight is 1050 g/mol. The van der Waals surface area contributed by atoms with E-state index in [1.807, 2.05) is 0 Å². The van der Waals surface area contributed by atoms with Gasteiger partial charge in [0.2, 0.25) is 47.3 Å². The molecule has 26 nitrogen and oxygen atoms in total. The summed E-state index contributed by atoms with van der Waals surface area (Å²) < 4.78 is 0. The molecule has 0 bridgehead atoms. The van der Waals surface area contributed by atoms with Gasteiger partial charge in [-0.1, -0.05) is 54.4 Å². The van der Waals surface area contributed by atoms with E-state index in [1.165, 1.54) is 11.8 Å². The molecule has 0 aromatic carbocycles. The van der Waals surface area contributed by atoms with Gasteiger partial charge < -0.3 is 79.5 Å². The normalized spacial score (nSPS) is 16.2. The Balaban J connectivity index is 6.74. The zero-order chi connectivity index (χ0) is 55.4. The molecule has 0 spiro atoms. The minimum absolute atomic E-state index is 0.0643. The van der Waals surface area contributed by atoms with Crippen molar-refractivity contribution >= 4 is 76.9 Å². The molecule has 0 fully saturated rings. The molecule has 0 unspecified atom stereocenters. The Kier molecular flexibility index (Phi) is 32.0. The fraction of sp³-hybridized carbons (Fsp3) is 0.756. The SMILES string of the molecule is CC[C@H](C)[C@H](NC(=O)[C@@H](NC(=O)[C@H](CCC(=O)O)NC(=O)[C@H](CCCCN)NC(=O)[C@H](CCSC)NC(=O)[C@H](CC(=O)O)NC(=O)[C@@H](N)CO)[C@@H](C)O)C(=O)N[C@H](C(=O)N[C@@H](CC(C)C)C(=O)O)[C@@H](C)CC. The van der Waals surface area contributed by atoms with Crippen molar-refractivity contribution in [2.45, 2.75) is 173 Å². The molecule has 0 radical (unpaired) electrons. The van der Waals surface area contributed by atoms with Crippen LogP contribution < -0.4 is 54.0 Å². The summed E-state index contributed by atoms with van der Waals surface area (Å²) in [6.07, 6.45) is -0.927. The number of nitrogens with two attached hydrogens (primary N) is 2. The van der Waals surface area contributed by atoms with Gasteiger partial charge in [-0.15, -0.1) is 0 Å². The Labute approximate surface area is 424 Å². The number of thioether (sulfide) groups is 1. The van der Waals surface area contributed by atoms with Gasteiger partial charge in [-0.05, 0) is 81.8 Å². The molecule has 0 aliphatic heterocycles. The third-order valence-corrected chi connectivity index (χ3v) is 12.3. The van der Waals surface area contributed by atoms with Crippen molar-refractivity contribution in [3.8, 4) is 0 Å². The van der Waals surface area contributed by atoms with Gasteiger partial charge in [-0.3, -0.25) is 47.9 Å². The third kappa shape index (κ3) is 24.7. The lowest BCUT2D eigenvalue weighted by atomic mass is 9.94. The standard InChI is InChI=1S/C45H80N10O16S/c1-9-23(5)34(42(67)52-31(45(70)71)19-22(3)4)53-43(68)35(24(6)10-2)54-44(69)36(25(7)57)55-40(65)28(14-15-32(58)59)49-38(63)27(13-11-12-17-46)48-39(64)29(16-18-72-8)50-41(66)30(20-33(60)61)51-37(62)26(47)21-56/h22-31,34-36,56-57H,9-21,46-47H2,1-8H3,(H,48,64)(H,49,63)(H,50,66)(H,51,62)(H,52,67)(H,53,68)(H,54,69)(H,55,65)(H,58,59)(H,60,61)(H,70,71)/t23-,24-,25+,26-,27-,28-,29-,30-,31-,34-,35-,36-/m0/s1. The van der Waals surface area contributed by atoms with Gasteiger partial charge in [-0.2, -0.15) is 11.8 Å². The minimum Gasteiger partial charge on any atom is -0.481 e. The smallest absolute Gasteiger partial charge is 0.326 e. The highest BCUT2D eigenvalue weighted by molar-refractivity contribution is 7.98. The van der Waals surface area contributed by atoms with E-state index in [9.17, 15) is 78.3 Å². The highest BCUT2D eigenvalue weighted by atomic mass is 32.2. The summed E-state index contributed by atoms with van der Waals surface area (Å²) in [6, 6.07) is -13.5. The van der Waals surface area contributed by atoms with Crippen LogP contribution in [-0.4, -0.2) is 176 Å². The van der Waals surface area contributed by atoms with E-state index < -0.39 is 163 Å². The number of aliphatic hydroxyl groups excluding tert-OH is 2. The van der Waals surface area contributed by atoms with Crippen LogP contribution in [0.4, 0.5) is 0 Å². The molecule has 0 aliphatic rings. The summed E-state index contributed by atoms with van der Waals surface area (Å²) >= 11 is 1.27. The van der Waals surface area contributed by atoms with Crippen molar-refractivity contribution in [3.05, 3.63) is 0 Å². The Bertz CT molecular complexity index is 1830. The molecule has 0 aromatic rings. The van der Waals surface area contributed by atoms with Gasteiger partial charge in [0.1, 0.15) is 54.4 Å². The number of carboxylic acids is 3. The first-order chi connectivity index (χ1) is 33.7. The van der Waals surface area contributed by atoms with Crippen LogP contribution in [0.5, 0.6) is 0 Å². The van der Waals surface area contributed by atoms with Gasteiger partial charge in [0.05, 0.1) is 19.1 Å². The van der Waals surface area contributed by atoms with Crippen LogP contribution in [0.2, 0.25) is 0 Å². The largest absolute Gasteiger partial charge is 0.481 e. The van der Waals surface area contributed by atoms with E-state index in [-0.39, 0.29) is 43.9 Å². The van der Waals surface area contributed by atoms with Crippen LogP contribution in [-0.2, 0) is 52.7 Å². The molecule has 0 heterocycles. The number of carboxylic acid groups (broad SMARTS) is 3. The number of hydrogen-bond acceptors (Lipinski definition) is 16. The summed E-state index contributed by atoms with van der Waals surface area (Å²) in [6.45, 7) is 10.8. The van der Waals surface area contributed by atoms with E-state index in [4.69, 9.17) is 11.5 Å². The van der Waals surface area contributed by atoms with Crippen molar-refractivity contribution in [1.29, 1.82) is 0 Å². The highest BCUT2D eigenvalue weighted by Gasteiger charge is 2.38. The second-order valence-electron chi connectivity index (χ2n) is 18.1. The predicted octanol–water partition coefficient (Wildman–Crippen LogP) is -2.99. The molecule has 17 N–H and O–H groups in total. The summed E-state index contributed by atoms with van der Waals surface area (Å²) in [4.78, 5) is 144. The number of carbonyl (C=O) groups excluding carboxylic acids is 8. The van der Waals surface area contributed by atoms with Crippen molar-refractivity contribution in [1.82, 2.24) is 42.5 Å². The molecule has 8 amide bonds. The quantitative estimate of drug-likeness (QED) is 0.0276. The van der Waals surface area contributed by atoms with E-state index in [0.29, 0.717) is 19.3 Å². The van der Waals surface area contributed by atoms with Crippen molar-refractivity contribution < 1.29 is 78.3 Å². The first kappa shape index (κ1) is 66.4. The number of carbonyl (C=O) groups is 11. The van der Waals surface area contributed by atoms with Gasteiger partial charge in [0.15, 0.2) is 0 Å². The maximum Gasteiger partial charge on any atom is 0.326 e. The Hall–Kier alpha value is -5.64. The molecule has 27 heteroatoms. The second kappa shape index (κ2) is 34.7. The summed E-state index contributed by atoms with van der Waals surface area (Å²) in [5.74, 6) is -13.0. The molecule has 0 saturated heterocycles. The van der Waals surface area contributed by atoms with Crippen LogP contribution in [0.15, 0.2) is 0 Å². The maximum absolute atomic E-state index is 14.0.